The highest BCUT2D eigenvalue weighted by molar-refractivity contribution is 7.28. The smallest absolute Gasteiger partial charge is 0.184 e. The van der Waals surface area contributed by atoms with E-state index in [4.69, 9.17) is 0 Å². The van der Waals surface area contributed by atoms with E-state index in [1.165, 1.54) is 11.1 Å². The molecule has 0 spiro atoms. The van der Waals surface area contributed by atoms with E-state index in [0.717, 1.165) is 5.56 Å². The van der Waals surface area contributed by atoms with Crippen LogP contribution >= 0.6 is 8.46 Å². The van der Waals surface area contributed by atoms with Crippen molar-refractivity contribution in [2.75, 3.05) is 0 Å². The predicted molar refractivity (Wildman–Crippen MR) is 68.5 cm³/mol. The molecule has 0 aliphatic carbocycles. The summed E-state index contributed by atoms with van der Waals surface area (Å²) in [6.45, 7) is 0. The molecule has 0 N–H and O–H groups in total. The molecule has 1 nitrogen and oxygen atoms in total. The highest BCUT2D eigenvalue weighted by atomic mass is 31.1. The summed E-state index contributed by atoms with van der Waals surface area (Å²) in [4.78, 5) is 0. The third-order valence-corrected chi connectivity index (χ3v) is 2.62. The van der Waals surface area contributed by atoms with Crippen LogP contribution in [0.3, 0.4) is 0 Å². The Labute approximate surface area is 96.6 Å². The van der Waals surface area contributed by atoms with Crippen LogP contribution < -0.4 is 0 Å². The van der Waals surface area contributed by atoms with Gasteiger partial charge in [-0.25, -0.2) is 0 Å². The van der Waals surface area contributed by atoms with Crippen molar-refractivity contribution in [1.29, 1.82) is 0 Å². The van der Waals surface area contributed by atoms with Crippen LogP contribution in [-0.2, 0) is 4.57 Å². The lowest BCUT2D eigenvalue weighted by atomic mass is 10.0. The van der Waals surface area contributed by atoms with Crippen molar-refractivity contribution in [2.24, 2.45) is 0 Å². The van der Waals surface area contributed by atoms with Gasteiger partial charge in [0.15, 0.2) is 8.46 Å². The quantitative estimate of drug-likeness (QED) is 0.698. The number of hydrogen-bond donors (Lipinski definition) is 0. The van der Waals surface area contributed by atoms with Crippen LogP contribution in [0, 0.1) is 0 Å². The number of rotatable bonds is 3. The van der Waals surface area contributed by atoms with Gasteiger partial charge in [-0.2, -0.15) is 0 Å². The second-order valence-corrected chi connectivity index (χ2v) is 3.92. The summed E-state index contributed by atoms with van der Waals surface area (Å²) in [5.41, 5.74) is 3.46. The maximum absolute atomic E-state index is 10.3. The second-order valence-electron chi connectivity index (χ2n) is 3.41. The van der Waals surface area contributed by atoms with Crippen molar-refractivity contribution in [2.45, 2.75) is 0 Å². The summed E-state index contributed by atoms with van der Waals surface area (Å²) >= 11 is 0. The molecule has 0 saturated carbocycles. The number of benzene rings is 2. The van der Waals surface area contributed by atoms with E-state index in [1.54, 1.807) is 5.82 Å². The van der Waals surface area contributed by atoms with Crippen molar-refractivity contribution in [3.8, 4) is 11.1 Å². The molecule has 0 saturated heterocycles. The van der Waals surface area contributed by atoms with Crippen LogP contribution in [0.15, 0.2) is 60.4 Å². The van der Waals surface area contributed by atoms with Gasteiger partial charge in [-0.15, -0.1) is 0 Å². The maximum atomic E-state index is 10.3. The molecule has 0 fully saturated rings. The lowest BCUT2D eigenvalue weighted by Gasteiger charge is -2.01. The molecular formula is C14H11OP. The monoisotopic (exact) mass is 226 g/mol. The van der Waals surface area contributed by atoms with Crippen molar-refractivity contribution in [3.63, 3.8) is 0 Å². The third-order valence-electron chi connectivity index (χ3n) is 2.35. The first kappa shape index (κ1) is 10.8. The molecule has 2 aromatic carbocycles. The van der Waals surface area contributed by atoms with Gasteiger partial charge in [0.05, 0.1) is 0 Å². The molecular weight excluding hydrogens is 215 g/mol. The van der Waals surface area contributed by atoms with Gasteiger partial charge < -0.3 is 0 Å². The fourth-order valence-corrected chi connectivity index (χ4v) is 1.77. The Hall–Kier alpha value is -1.72. The minimum atomic E-state index is 0.0447. The topological polar surface area (TPSA) is 17.1 Å². The second kappa shape index (κ2) is 5.39. The van der Waals surface area contributed by atoms with E-state index < -0.39 is 0 Å². The molecule has 2 aromatic rings. The van der Waals surface area contributed by atoms with Crippen molar-refractivity contribution < 1.29 is 4.57 Å². The average molecular weight is 226 g/mol. The first-order valence-electron chi connectivity index (χ1n) is 5.04. The van der Waals surface area contributed by atoms with Crippen LogP contribution in [0.5, 0.6) is 0 Å². The molecule has 0 aliphatic heterocycles. The van der Waals surface area contributed by atoms with Gasteiger partial charge in [0, 0.05) is 5.82 Å². The Morgan fingerprint density at radius 3 is 2.06 bits per heavy atom. The zero-order valence-electron chi connectivity index (χ0n) is 8.71. The van der Waals surface area contributed by atoms with E-state index in [1.807, 2.05) is 36.4 Å². The van der Waals surface area contributed by atoms with Crippen molar-refractivity contribution in [3.05, 3.63) is 66.0 Å². The van der Waals surface area contributed by atoms with Gasteiger partial charge in [0.25, 0.3) is 0 Å². The van der Waals surface area contributed by atoms with Crippen LogP contribution in [0.4, 0.5) is 0 Å². The van der Waals surface area contributed by atoms with Gasteiger partial charge in [-0.3, -0.25) is 4.57 Å². The fourth-order valence-electron chi connectivity index (χ4n) is 1.53. The van der Waals surface area contributed by atoms with Gasteiger partial charge >= 0.3 is 0 Å². The summed E-state index contributed by atoms with van der Waals surface area (Å²) in [5.74, 6) is 1.59. The lowest BCUT2D eigenvalue weighted by Crippen LogP contribution is -1.77. The highest BCUT2D eigenvalue weighted by Crippen LogP contribution is 2.19. The minimum Gasteiger partial charge on any atom is -0.270 e. The van der Waals surface area contributed by atoms with Gasteiger partial charge in [-0.1, -0.05) is 54.6 Å². The SMILES string of the molecule is O=PC=Cc1ccc(-c2ccccc2)cc1. The molecule has 0 heterocycles. The highest BCUT2D eigenvalue weighted by Gasteiger charge is 1.95. The Morgan fingerprint density at radius 2 is 1.44 bits per heavy atom. The molecule has 78 valence electrons. The molecule has 0 atom stereocenters. The van der Waals surface area contributed by atoms with Crippen molar-refractivity contribution in [1.82, 2.24) is 0 Å². The van der Waals surface area contributed by atoms with Crippen LogP contribution in [0.2, 0.25) is 0 Å². The molecule has 2 rings (SSSR count). The summed E-state index contributed by atoms with van der Waals surface area (Å²) in [6, 6.07) is 18.4. The molecule has 0 aromatic heterocycles. The molecule has 0 unspecified atom stereocenters. The largest absolute Gasteiger partial charge is 0.270 e. The van der Waals surface area contributed by atoms with Crippen LogP contribution in [0.25, 0.3) is 17.2 Å². The Morgan fingerprint density at radius 1 is 0.812 bits per heavy atom. The molecule has 0 aliphatic rings. The van der Waals surface area contributed by atoms with E-state index in [9.17, 15) is 4.57 Å². The first-order chi connectivity index (χ1) is 7.90. The average Bonchev–Trinajstić information content (AvgIpc) is 2.38. The molecule has 0 radical (unpaired) electrons. The predicted octanol–water partition coefficient (Wildman–Crippen LogP) is 4.62. The van der Waals surface area contributed by atoms with Crippen LogP contribution in [-0.4, -0.2) is 0 Å². The molecule has 16 heavy (non-hydrogen) atoms. The van der Waals surface area contributed by atoms with Gasteiger partial charge in [0.1, 0.15) is 0 Å². The summed E-state index contributed by atoms with van der Waals surface area (Å²) in [7, 11) is 0.0447. The van der Waals surface area contributed by atoms with Crippen LogP contribution in [0.1, 0.15) is 5.56 Å². The summed E-state index contributed by atoms with van der Waals surface area (Å²) in [6.07, 6.45) is 1.84. The molecule has 2 heteroatoms. The Bertz CT molecular complexity index is 486. The lowest BCUT2D eigenvalue weighted by molar-refractivity contribution is 0.603. The van der Waals surface area contributed by atoms with E-state index in [0.29, 0.717) is 0 Å². The Balaban J connectivity index is 2.26. The molecule has 0 amide bonds. The summed E-state index contributed by atoms with van der Waals surface area (Å²) in [5, 5.41) is 0. The third kappa shape index (κ3) is 2.65. The zero-order valence-corrected chi connectivity index (χ0v) is 9.60. The minimum absolute atomic E-state index is 0.0447. The first-order valence-corrected chi connectivity index (χ1v) is 5.93. The normalized spacial score (nSPS) is 11.0. The van der Waals surface area contributed by atoms with E-state index in [2.05, 4.69) is 24.3 Å². The molecule has 0 bridgehead atoms. The fraction of sp³-hybridized carbons (Fsp3) is 0. The van der Waals surface area contributed by atoms with Gasteiger partial charge in [-0.05, 0) is 22.8 Å². The Kier molecular flexibility index (Phi) is 3.63. The zero-order chi connectivity index (χ0) is 11.2. The number of hydrogen-bond acceptors (Lipinski definition) is 1. The maximum Gasteiger partial charge on any atom is 0.184 e. The van der Waals surface area contributed by atoms with E-state index >= 15 is 0 Å². The van der Waals surface area contributed by atoms with Crippen molar-refractivity contribution >= 4 is 14.5 Å². The summed E-state index contributed by atoms with van der Waals surface area (Å²) < 4.78 is 10.3. The van der Waals surface area contributed by atoms with E-state index in [-0.39, 0.29) is 8.46 Å². The van der Waals surface area contributed by atoms with Gasteiger partial charge in [0.2, 0.25) is 0 Å². The standard InChI is InChI=1S/C14H11OP/c15-16-11-10-12-6-8-14(9-7-12)13-4-2-1-3-5-13/h1-11H.